The fourth-order valence-electron chi connectivity index (χ4n) is 2.62. The first kappa shape index (κ1) is 20.2. The van der Waals surface area contributed by atoms with Crippen LogP contribution in [0.5, 0.6) is 17.2 Å². The van der Waals surface area contributed by atoms with Crippen molar-refractivity contribution in [2.45, 2.75) is 20.0 Å². The molecular formula is C19H25N3O5. The summed E-state index contributed by atoms with van der Waals surface area (Å²) >= 11 is 0. The molecule has 0 saturated heterocycles. The Kier molecular flexibility index (Phi) is 7.10. The number of urea groups is 1. The monoisotopic (exact) mass is 375 g/mol. The molecule has 8 heteroatoms. The van der Waals surface area contributed by atoms with E-state index in [1.807, 2.05) is 13.0 Å². The molecule has 1 aromatic carbocycles. The molecule has 2 amide bonds. The van der Waals surface area contributed by atoms with E-state index < -0.39 is 0 Å². The van der Waals surface area contributed by atoms with Crippen molar-refractivity contribution >= 4 is 6.03 Å². The molecule has 8 nitrogen and oxygen atoms in total. The molecule has 1 heterocycles. The summed E-state index contributed by atoms with van der Waals surface area (Å²) in [5, 5.41) is 5.51. The second-order valence-electron chi connectivity index (χ2n) is 5.83. The smallest absolute Gasteiger partial charge is 0.315 e. The minimum absolute atomic E-state index is 0.167. The molecule has 0 atom stereocenters. The van der Waals surface area contributed by atoms with Crippen LogP contribution < -0.4 is 30.4 Å². The third kappa shape index (κ3) is 5.40. The first-order valence-corrected chi connectivity index (χ1v) is 8.46. The highest BCUT2D eigenvalue weighted by Gasteiger charge is 2.07. The number of aryl methyl sites for hydroxylation is 1. The lowest BCUT2D eigenvalue weighted by molar-refractivity contribution is 0.240. The Morgan fingerprint density at radius 2 is 1.74 bits per heavy atom. The van der Waals surface area contributed by atoms with Gasteiger partial charge in [0.2, 0.25) is 0 Å². The molecular weight excluding hydrogens is 350 g/mol. The molecule has 0 aliphatic rings. The van der Waals surface area contributed by atoms with Crippen LogP contribution in [0.4, 0.5) is 4.79 Å². The second kappa shape index (κ2) is 9.51. The van der Waals surface area contributed by atoms with Gasteiger partial charge in [0, 0.05) is 31.4 Å². The van der Waals surface area contributed by atoms with Gasteiger partial charge in [0.25, 0.3) is 5.56 Å². The Hall–Kier alpha value is -3.16. The average Bonchev–Trinajstić information content (AvgIpc) is 2.67. The number of carbonyl (C=O) groups excluding carboxylic acids is 1. The van der Waals surface area contributed by atoms with Crippen LogP contribution in [0.15, 0.2) is 35.1 Å². The molecule has 2 N–H and O–H groups in total. The van der Waals surface area contributed by atoms with Crippen LogP contribution in [0, 0.1) is 6.92 Å². The maximum Gasteiger partial charge on any atom is 0.315 e. The average molecular weight is 375 g/mol. The number of aromatic nitrogens is 1. The minimum atomic E-state index is -0.316. The van der Waals surface area contributed by atoms with Crippen LogP contribution in [0.3, 0.4) is 0 Å². The van der Waals surface area contributed by atoms with E-state index >= 15 is 0 Å². The van der Waals surface area contributed by atoms with Crippen LogP contribution in [0.25, 0.3) is 0 Å². The Balaban J connectivity index is 1.84. The maximum absolute atomic E-state index is 12.1. The van der Waals surface area contributed by atoms with Gasteiger partial charge in [0.05, 0.1) is 21.3 Å². The van der Waals surface area contributed by atoms with Crippen molar-refractivity contribution in [3.8, 4) is 17.2 Å². The lowest BCUT2D eigenvalue weighted by atomic mass is 10.2. The summed E-state index contributed by atoms with van der Waals surface area (Å²) in [6.07, 6.45) is 0. The van der Waals surface area contributed by atoms with Gasteiger partial charge in [0.1, 0.15) is 5.75 Å². The number of ether oxygens (including phenoxy) is 3. The molecule has 1 aromatic heterocycles. The quantitative estimate of drug-likeness (QED) is 0.733. The van der Waals surface area contributed by atoms with Crippen molar-refractivity contribution in [3.05, 3.63) is 51.9 Å². The normalized spacial score (nSPS) is 10.2. The zero-order valence-electron chi connectivity index (χ0n) is 16.0. The molecule has 2 rings (SSSR count). The summed E-state index contributed by atoms with van der Waals surface area (Å²) in [7, 11) is 4.65. The Morgan fingerprint density at radius 3 is 2.37 bits per heavy atom. The highest BCUT2D eigenvalue weighted by molar-refractivity contribution is 5.73. The van der Waals surface area contributed by atoms with Crippen molar-refractivity contribution in [1.29, 1.82) is 0 Å². The largest absolute Gasteiger partial charge is 0.496 e. The van der Waals surface area contributed by atoms with E-state index in [1.165, 1.54) is 13.2 Å². The Labute approximate surface area is 158 Å². The number of amides is 2. The SMILES string of the molecule is COc1cc(C)n(CCNC(=O)NCc2ccc(OC)c(OC)c2)c(=O)c1. The summed E-state index contributed by atoms with van der Waals surface area (Å²) in [6, 6.07) is 8.32. The molecule has 0 spiro atoms. The van der Waals surface area contributed by atoms with Crippen molar-refractivity contribution in [2.24, 2.45) is 0 Å². The number of carbonyl (C=O) groups is 1. The van der Waals surface area contributed by atoms with Gasteiger partial charge in [-0.15, -0.1) is 0 Å². The third-order valence-corrected chi connectivity index (χ3v) is 4.07. The third-order valence-electron chi connectivity index (χ3n) is 4.07. The summed E-state index contributed by atoms with van der Waals surface area (Å²) in [5.41, 5.74) is 1.48. The predicted octanol–water partition coefficient (Wildman–Crippen LogP) is 1.68. The van der Waals surface area contributed by atoms with E-state index in [1.54, 1.807) is 37.0 Å². The molecule has 0 bridgehead atoms. The van der Waals surface area contributed by atoms with E-state index in [0.717, 1.165) is 11.3 Å². The molecule has 0 aliphatic heterocycles. The lowest BCUT2D eigenvalue weighted by Crippen LogP contribution is -2.38. The number of rotatable bonds is 8. The van der Waals surface area contributed by atoms with Crippen molar-refractivity contribution in [3.63, 3.8) is 0 Å². The molecule has 0 unspecified atom stereocenters. The van der Waals surface area contributed by atoms with Gasteiger partial charge in [-0.1, -0.05) is 6.07 Å². The number of nitrogens with one attached hydrogen (secondary N) is 2. The number of pyridine rings is 1. The zero-order valence-corrected chi connectivity index (χ0v) is 16.0. The molecule has 0 fully saturated rings. The summed E-state index contributed by atoms with van der Waals surface area (Å²) < 4.78 is 17.1. The lowest BCUT2D eigenvalue weighted by Gasteiger charge is -2.13. The van der Waals surface area contributed by atoms with E-state index in [-0.39, 0.29) is 11.6 Å². The number of hydrogen-bond donors (Lipinski definition) is 2. The zero-order chi connectivity index (χ0) is 19.8. The van der Waals surface area contributed by atoms with E-state index in [0.29, 0.717) is 36.9 Å². The van der Waals surface area contributed by atoms with Crippen molar-refractivity contribution < 1.29 is 19.0 Å². The van der Waals surface area contributed by atoms with Gasteiger partial charge in [-0.3, -0.25) is 4.79 Å². The van der Waals surface area contributed by atoms with Gasteiger partial charge in [0.15, 0.2) is 11.5 Å². The molecule has 27 heavy (non-hydrogen) atoms. The summed E-state index contributed by atoms with van der Waals surface area (Å²) in [6.45, 7) is 2.86. The topological polar surface area (TPSA) is 90.8 Å². The van der Waals surface area contributed by atoms with Gasteiger partial charge >= 0.3 is 6.03 Å². The van der Waals surface area contributed by atoms with Crippen LogP contribution in [-0.2, 0) is 13.1 Å². The first-order chi connectivity index (χ1) is 13.0. The standard InChI is InChI=1S/C19H25N3O5/c1-13-9-15(25-2)11-18(23)22(13)8-7-20-19(24)21-12-14-5-6-16(26-3)17(10-14)27-4/h5-6,9-11H,7-8,12H2,1-4H3,(H2,20,21,24). The molecule has 0 radical (unpaired) electrons. The number of hydrogen-bond acceptors (Lipinski definition) is 5. The molecule has 0 saturated carbocycles. The highest BCUT2D eigenvalue weighted by atomic mass is 16.5. The summed E-state index contributed by atoms with van der Waals surface area (Å²) in [4.78, 5) is 24.0. The van der Waals surface area contributed by atoms with Crippen molar-refractivity contribution in [2.75, 3.05) is 27.9 Å². The van der Waals surface area contributed by atoms with Crippen LogP contribution >= 0.6 is 0 Å². The van der Waals surface area contributed by atoms with Crippen LogP contribution in [-0.4, -0.2) is 38.5 Å². The summed E-state index contributed by atoms with van der Waals surface area (Å²) in [5.74, 6) is 1.76. The Morgan fingerprint density at radius 1 is 1.00 bits per heavy atom. The van der Waals surface area contributed by atoms with Crippen LogP contribution in [0.1, 0.15) is 11.3 Å². The fraction of sp³-hybridized carbons (Fsp3) is 0.368. The number of nitrogens with zero attached hydrogens (tertiary/aromatic N) is 1. The maximum atomic E-state index is 12.1. The minimum Gasteiger partial charge on any atom is -0.496 e. The molecule has 146 valence electrons. The van der Waals surface area contributed by atoms with E-state index in [2.05, 4.69) is 10.6 Å². The second-order valence-corrected chi connectivity index (χ2v) is 5.83. The highest BCUT2D eigenvalue weighted by Crippen LogP contribution is 2.27. The van der Waals surface area contributed by atoms with E-state index in [4.69, 9.17) is 14.2 Å². The van der Waals surface area contributed by atoms with Crippen LogP contribution in [0.2, 0.25) is 0 Å². The van der Waals surface area contributed by atoms with Gasteiger partial charge < -0.3 is 29.4 Å². The van der Waals surface area contributed by atoms with Gasteiger partial charge in [-0.25, -0.2) is 4.79 Å². The molecule has 0 aliphatic carbocycles. The van der Waals surface area contributed by atoms with Gasteiger partial charge in [-0.05, 0) is 30.7 Å². The molecule has 2 aromatic rings. The number of benzene rings is 1. The first-order valence-electron chi connectivity index (χ1n) is 8.46. The Bertz CT molecular complexity index is 848. The van der Waals surface area contributed by atoms with Crippen molar-refractivity contribution in [1.82, 2.24) is 15.2 Å². The van der Waals surface area contributed by atoms with E-state index in [9.17, 15) is 9.59 Å². The fourth-order valence-corrected chi connectivity index (χ4v) is 2.62. The predicted molar refractivity (Wildman–Crippen MR) is 102 cm³/mol. The van der Waals surface area contributed by atoms with Gasteiger partial charge in [-0.2, -0.15) is 0 Å². The number of methoxy groups -OCH3 is 3.